The molecule has 7 rings (SSSR count). The average Bonchev–Trinajstić information content (AvgIpc) is 3.67. The van der Waals surface area contributed by atoms with Crippen LogP contribution in [-0.2, 0) is 32.5 Å². The van der Waals surface area contributed by atoms with Crippen molar-refractivity contribution < 1.29 is 5.11 Å². The quantitative estimate of drug-likeness (QED) is 0.306. The summed E-state index contributed by atoms with van der Waals surface area (Å²) in [6.07, 6.45) is 23.2. The highest BCUT2D eigenvalue weighted by molar-refractivity contribution is 5.26. The summed E-state index contributed by atoms with van der Waals surface area (Å²) in [6.45, 7) is 4.35. The molecular weight excluding hydrogens is 556 g/mol. The Morgan fingerprint density at radius 1 is 0.778 bits per heavy atom. The second-order valence-corrected chi connectivity index (χ2v) is 14.6. The predicted molar refractivity (Wildman–Crippen MR) is 183 cm³/mol. The molecule has 4 aliphatic rings. The van der Waals surface area contributed by atoms with Crippen molar-refractivity contribution in [2.45, 2.75) is 120 Å². The molecule has 0 spiro atoms. The van der Waals surface area contributed by atoms with E-state index in [-0.39, 0.29) is 0 Å². The normalized spacial score (nSPS) is 23.7. The van der Waals surface area contributed by atoms with E-state index in [1.54, 1.807) is 0 Å². The lowest BCUT2D eigenvalue weighted by Crippen LogP contribution is -2.43. The summed E-state index contributed by atoms with van der Waals surface area (Å²) in [5.41, 5.74) is 6.37. The number of nitrogens with zero attached hydrogens (tertiary/aromatic N) is 6. The van der Waals surface area contributed by atoms with Gasteiger partial charge >= 0.3 is 0 Å². The number of rotatable bonds is 8. The third-order valence-corrected chi connectivity index (χ3v) is 11.8. The molecule has 3 aliphatic carbocycles. The number of aliphatic hydroxyl groups is 1. The molecule has 2 unspecified atom stereocenters. The van der Waals surface area contributed by atoms with Gasteiger partial charge < -0.3 is 14.9 Å². The molecule has 2 aromatic heterocycles. The zero-order valence-corrected chi connectivity index (χ0v) is 28.3. The predicted octanol–water partition coefficient (Wildman–Crippen LogP) is 6.71. The molecule has 0 radical (unpaired) electrons. The lowest BCUT2D eigenvalue weighted by Gasteiger charge is -2.39. The van der Waals surface area contributed by atoms with Crippen LogP contribution >= 0.6 is 0 Å². The Morgan fingerprint density at radius 3 is 1.96 bits per heavy atom. The second-order valence-electron chi connectivity index (χ2n) is 14.6. The van der Waals surface area contributed by atoms with E-state index in [4.69, 9.17) is 0 Å². The molecule has 7 nitrogen and oxygen atoms in total. The van der Waals surface area contributed by atoms with Crippen molar-refractivity contribution in [2.75, 3.05) is 33.2 Å². The highest BCUT2D eigenvalue weighted by atomic mass is 16.3. The number of piperidine rings is 1. The van der Waals surface area contributed by atoms with E-state index in [0.29, 0.717) is 5.92 Å². The highest BCUT2D eigenvalue weighted by Gasteiger charge is 2.34. The van der Waals surface area contributed by atoms with Crippen molar-refractivity contribution in [1.29, 1.82) is 0 Å². The van der Waals surface area contributed by atoms with Crippen LogP contribution in [0.5, 0.6) is 0 Å². The first-order valence-corrected chi connectivity index (χ1v) is 18.1. The van der Waals surface area contributed by atoms with Crippen LogP contribution in [0.3, 0.4) is 0 Å². The third kappa shape index (κ3) is 7.74. The Bertz CT molecular complexity index is 1330. The summed E-state index contributed by atoms with van der Waals surface area (Å²) in [5.74, 6) is 1.41. The molecule has 3 heterocycles. The fourth-order valence-electron chi connectivity index (χ4n) is 8.78. The molecule has 1 aromatic carbocycles. The standard InChI is InChI=1S/C21H29N3O.C17H29N3/c1-23-20-9-5-6-17(19(20)16-22-23)10-13-24-14-11-21(25,12-15-24)18-7-3-2-4-8-18;1-19(15-8-4-3-5-9-15)12-11-14-7-6-10-17-16(14)13-18-20(17)2/h2-4,7-8,16-17,25H,5-6,9-15H2,1H3;13-15H,3-12H2,1-2H3. The van der Waals surface area contributed by atoms with Gasteiger partial charge in [0.25, 0.3) is 0 Å². The van der Waals surface area contributed by atoms with Crippen LogP contribution in [0.2, 0.25) is 0 Å². The molecule has 1 saturated carbocycles. The Hall–Kier alpha value is -2.48. The minimum Gasteiger partial charge on any atom is -0.385 e. The van der Waals surface area contributed by atoms with Crippen molar-refractivity contribution in [3.05, 3.63) is 70.8 Å². The van der Waals surface area contributed by atoms with Crippen molar-refractivity contribution in [3.63, 3.8) is 0 Å². The van der Waals surface area contributed by atoms with Gasteiger partial charge in [0.05, 0.1) is 18.0 Å². The second kappa shape index (κ2) is 15.0. The molecule has 45 heavy (non-hydrogen) atoms. The minimum atomic E-state index is -0.640. The molecule has 2 atom stereocenters. The molecule has 7 heteroatoms. The van der Waals surface area contributed by atoms with Gasteiger partial charge in [0.1, 0.15) is 0 Å². The van der Waals surface area contributed by atoms with Crippen LogP contribution in [0, 0.1) is 0 Å². The molecule has 0 amide bonds. The Balaban J connectivity index is 0.000000163. The van der Waals surface area contributed by atoms with Gasteiger partial charge in [-0.3, -0.25) is 9.36 Å². The molecule has 3 aromatic rings. The van der Waals surface area contributed by atoms with Crippen molar-refractivity contribution in [1.82, 2.24) is 29.4 Å². The maximum absolute atomic E-state index is 11.0. The summed E-state index contributed by atoms with van der Waals surface area (Å²) in [4.78, 5) is 5.16. The van der Waals surface area contributed by atoms with Gasteiger partial charge in [0, 0.05) is 44.6 Å². The summed E-state index contributed by atoms with van der Waals surface area (Å²) in [7, 11) is 6.49. The van der Waals surface area contributed by atoms with E-state index in [0.717, 1.165) is 50.0 Å². The first-order chi connectivity index (χ1) is 21.9. The first-order valence-electron chi connectivity index (χ1n) is 18.1. The Morgan fingerprint density at radius 2 is 1.36 bits per heavy atom. The minimum absolute atomic E-state index is 0.640. The Kier molecular flexibility index (Phi) is 10.8. The van der Waals surface area contributed by atoms with E-state index in [1.165, 1.54) is 113 Å². The number of aryl methyl sites for hydroxylation is 2. The maximum Gasteiger partial charge on any atom is 0.0920 e. The van der Waals surface area contributed by atoms with Crippen LogP contribution in [0.4, 0.5) is 0 Å². The van der Waals surface area contributed by atoms with Crippen molar-refractivity contribution in [2.24, 2.45) is 14.1 Å². The van der Waals surface area contributed by atoms with Crippen LogP contribution in [0.1, 0.15) is 123 Å². The molecule has 0 bridgehead atoms. The maximum atomic E-state index is 11.0. The van der Waals surface area contributed by atoms with Crippen LogP contribution < -0.4 is 0 Å². The van der Waals surface area contributed by atoms with Gasteiger partial charge in [-0.1, -0.05) is 49.6 Å². The van der Waals surface area contributed by atoms with Crippen molar-refractivity contribution in [3.8, 4) is 0 Å². The number of hydrogen-bond donors (Lipinski definition) is 1. The molecule has 246 valence electrons. The van der Waals surface area contributed by atoms with E-state index in [1.807, 2.05) is 18.2 Å². The van der Waals surface area contributed by atoms with Crippen molar-refractivity contribution >= 4 is 0 Å². The fraction of sp³-hybridized carbons (Fsp3) is 0.684. The third-order valence-electron chi connectivity index (χ3n) is 11.8. The van der Waals surface area contributed by atoms with Gasteiger partial charge in [0.15, 0.2) is 0 Å². The monoisotopic (exact) mass is 614 g/mol. The van der Waals surface area contributed by atoms with E-state index >= 15 is 0 Å². The zero-order chi connectivity index (χ0) is 31.2. The number of likely N-dealkylation sites (tertiary alicyclic amines) is 1. The fourth-order valence-corrected chi connectivity index (χ4v) is 8.78. The molecule has 1 N–H and O–H groups in total. The number of benzene rings is 1. The topological polar surface area (TPSA) is 62.4 Å². The number of fused-ring (bicyclic) bond motifs is 2. The lowest BCUT2D eigenvalue weighted by atomic mass is 9.83. The van der Waals surface area contributed by atoms with Gasteiger partial charge in [-0.25, -0.2) is 0 Å². The van der Waals surface area contributed by atoms with Crippen LogP contribution in [0.25, 0.3) is 0 Å². The van der Waals surface area contributed by atoms with Gasteiger partial charge in [-0.15, -0.1) is 0 Å². The lowest BCUT2D eigenvalue weighted by molar-refractivity contribution is -0.0263. The van der Waals surface area contributed by atoms with E-state index in [9.17, 15) is 5.11 Å². The van der Waals surface area contributed by atoms with E-state index < -0.39 is 5.60 Å². The number of hydrogen-bond acceptors (Lipinski definition) is 5. The first kappa shape index (κ1) is 32.5. The average molecular weight is 615 g/mol. The van der Waals surface area contributed by atoms with Gasteiger partial charge in [-0.2, -0.15) is 10.2 Å². The largest absolute Gasteiger partial charge is 0.385 e. The SMILES string of the molecule is CN(CCC1CCCc2c1cnn2C)C1CCCCC1.Cn1ncc2c1CCCC2CCN1CCC(O)(c2ccccc2)CC1. The van der Waals surface area contributed by atoms with Crippen LogP contribution in [0.15, 0.2) is 42.7 Å². The molecule has 1 aliphatic heterocycles. The van der Waals surface area contributed by atoms with Gasteiger partial charge in [-0.05, 0) is 126 Å². The molecule has 1 saturated heterocycles. The molecular formula is C38H58N6O. The Labute approximate surface area is 272 Å². The summed E-state index contributed by atoms with van der Waals surface area (Å²) in [6, 6.07) is 11.0. The summed E-state index contributed by atoms with van der Waals surface area (Å²) < 4.78 is 4.15. The van der Waals surface area contributed by atoms with E-state index in [2.05, 4.69) is 75.0 Å². The summed E-state index contributed by atoms with van der Waals surface area (Å²) >= 11 is 0. The zero-order valence-electron chi connectivity index (χ0n) is 28.3. The van der Waals surface area contributed by atoms with Crippen LogP contribution in [-0.4, -0.2) is 73.7 Å². The highest BCUT2D eigenvalue weighted by Crippen LogP contribution is 2.37. The summed E-state index contributed by atoms with van der Waals surface area (Å²) in [5, 5.41) is 19.9. The molecule has 2 fully saturated rings. The van der Waals surface area contributed by atoms with Gasteiger partial charge in [0.2, 0.25) is 0 Å². The number of aromatic nitrogens is 4. The smallest absolute Gasteiger partial charge is 0.0920 e.